The zero-order chi connectivity index (χ0) is 12.2. The summed E-state index contributed by atoms with van der Waals surface area (Å²) in [5.74, 6) is 0. The third-order valence-corrected chi connectivity index (χ3v) is 2.61. The molecule has 0 saturated heterocycles. The first-order valence-corrected chi connectivity index (χ1v) is 5.92. The Balaban J connectivity index is 2.26. The molecule has 16 heavy (non-hydrogen) atoms. The van der Waals surface area contributed by atoms with Gasteiger partial charge in [-0.15, -0.1) is 0 Å². The first-order chi connectivity index (χ1) is 7.38. The fourth-order valence-electron chi connectivity index (χ4n) is 1.42. The Morgan fingerprint density at radius 1 is 1.44 bits per heavy atom. The van der Waals surface area contributed by atoms with Gasteiger partial charge in [0.1, 0.15) is 0 Å². The van der Waals surface area contributed by atoms with Crippen LogP contribution in [0.1, 0.15) is 26.3 Å². The Morgan fingerprint density at radius 2 is 2.12 bits per heavy atom. The Hall–Kier alpha value is -0.510. The van der Waals surface area contributed by atoms with Gasteiger partial charge in [0.05, 0.1) is 6.26 Å². The molecule has 0 aliphatic rings. The highest BCUT2D eigenvalue weighted by atomic mass is 35.5. The molecular weight excluding hydrogens is 224 g/mol. The molecule has 1 N–H and O–H groups in total. The van der Waals surface area contributed by atoms with Crippen LogP contribution in [0.5, 0.6) is 0 Å². The van der Waals surface area contributed by atoms with E-state index in [-0.39, 0.29) is 5.54 Å². The SMILES string of the molecule is CN(CCNC(C)(C)C)Cc1ccoc1Cl. The highest BCUT2D eigenvalue weighted by Gasteiger charge is 2.10. The van der Waals surface area contributed by atoms with Gasteiger partial charge in [-0.25, -0.2) is 0 Å². The number of hydrogen-bond acceptors (Lipinski definition) is 3. The Bertz CT molecular complexity index is 317. The maximum Gasteiger partial charge on any atom is 0.197 e. The van der Waals surface area contributed by atoms with Gasteiger partial charge in [-0.2, -0.15) is 0 Å². The molecule has 0 saturated carbocycles. The zero-order valence-corrected chi connectivity index (χ0v) is 11.3. The Labute approximate surface area is 103 Å². The highest BCUT2D eigenvalue weighted by Crippen LogP contribution is 2.17. The van der Waals surface area contributed by atoms with Crippen molar-refractivity contribution in [1.29, 1.82) is 0 Å². The molecule has 3 nitrogen and oxygen atoms in total. The second-order valence-electron chi connectivity index (χ2n) is 5.13. The minimum atomic E-state index is 0.175. The van der Waals surface area contributed by atoms with Crippen LogP contribution in [0.4, 0.5) is 0 Å². The third kappa shape index (κ3) is 5.01. The lowest BCUT2D eigenvalue weighted by Crippen LogP contribution is -2.40. The van der Waals surface area contributed by atoms with Crippen molar-refractivity contribution in [3.8, 4) is 0 Å². The fourth-order valence-corrected chi connectivity index (χ4v) is 1.60. The van der Waals surface area contributed by atoms with Gasteiger partial charge >= 0.3 is 0 Å². The second kappa shape index (κ2) is 5.71. The monoisotopic (exact) mass is 244 g/mol. The molecule has 0 aliphatic carbocycles. The Morgan fingerprint density at radius 3 is 2.62 bits per heavy atom. The largest absolute Gasteiger partial charge is 0.453 e. The lowest BCUT2D eigenvalue weighted by Gasteiger charge is -2.23. The van der Waals surface area contributed by atoms with Crippen LogP contribution in [0.25, 0.3) is 0 Å². The van der Waals surface area contributed by atoms with Gasteiger partial charge < -0.3 is 14.6 Å². The van der Waals surface area contributed by atoms with Crippen molar-refractivity contribution >= 4 is 11.6 Å². The van der Waals surface area contributed by atoms with Crippen molar-refractivity contribution < 1.29 is 4.42 Å². The first kappa shape index (κ1) is 13.6. The molecule has 1 rings (SSSR count). The van der Waals surface area contributed by atoms with Crippen LogP contribution in [-0.2, 0) is 6.54 Å². The molecule has 0 spiro atoms. The van der Waals surface area contributed by atoms with Crippen molar-refractivity contribution in [2.24, 2.45) is 0 Å². The number of nitrogens with one attached hydrogen (secondary N) is 1. The van der Waals surface area contributed by atoms with Crippen molar-refractivity contribution in [2.75, 3.05) is 20.1 Å². The van der Waals surface area contributed by atoms with E-state index >= 15 is 0 Å². The van der Waals surface area contributed by atoms with Crippen LogP contribution in [-0.4, -0.2) is 30.6 Å². The van der Waals surface area contributed by atoms with Crippen LogP contribution < -0.4 is 5.32 Å². The average Bonchev–Trinajstić information content (AvgIpc) is 2.49. The topological polar surface area (TPSA) is 28.4 Å². The van der Waals surface area contributed by atoms with Crippen LogP contribution in [0.3, 0.4) is 0 Å². The Kier molecular flexibility index (Phi) is 4.84. The van der Waals surface area contributed by atoms with Gasteiger partial charge in [0.25, 0.3) is 0 Å². The van der Waals surface area contributed by atoms with E-state index in [0.29, 0.717) is 5.22 Å². The zero-order valence-electron chi connectivity index (χ0n) is 10.5. The van der Waals surface area contributed by atoms with Crippen LogP contribution in [0, 0.1) is 0 Å². The molecule has 1 aromatic heterocycles. The van der Waals surface area contributed by atoms with Crippen molar-refractivity contribution in [2.45, 2.75) is 32.9 Å². The lowest BCUT2D eigenvalue weighted by atomic mass is 10.1. The molecule has 0 aromatic carbocycles. The van der Waals surface area contributed by atoms with E-state index in [4.69, 9.17) is 16.0 Å². The minimum Gasteiger partial charge on any atom is -0.453 e. The number of likely N-dealkylation sites (N-methyl/N-ethyl adjacent to an activating group) is 1. The maximum atomic E-state index is 5.88. The molecule has 1 heterocycles. The lowest BCUT2D eigenvalue weighted by molar-refractivity contribution is 0.302. The smallest absolute Gasteiger partial charge is 0.197 e. The summed E-state index contributed by atoms with van der Waals surface area (Å²) in [5.41, 5.74) is 1.22. The number of halogens is 1. The van der Waals surface area contributed by atoms with Crippen molar-refractivity contribution in [1.82, 2.24) is 10.2 Å². The molecule has 0 unspecified atom stereocenters. The first-order valence-electron chi connectivity index (χ1n) is 5.54. The van der Waals surface area contributed by atoms with E-state index in [1.54, 1.807) is 6.26 Å². The van der Waals surface area contributed by atoms with Gasteiger partial charge in [0, 0.05) is 30.7 Å². The van der Waals surface area contributed by atoms with E-state index in [1.165, 1.54) is 0 Å². The highest BCUT2D eigenvalue weighted by molar-refractivity contribution is 6.29. The molecule has 4 heteroatoms. The standard InChI is InChI=1S/C12H21ClN2O/c1-12(2,3)14-6-7-15(4)9-10-5-8-16-11(10)13/h5,8,14H,6-7,9H2,1-4H3. The van der Waals surface area contributed by atoms with E-state index in [1.807, 2.05) is 6.07 Å². The number of nitrogens with zero attached hydrogens (tertiary/aromatic N) is 1. The van der Waals surface area contributed by atoms with Gasteiger partial charge in [-0.3, -0.25) is 0 Å². The number of rotatable bonds is 5. The predicted molar refractivity (Wildman–Crippen MR) is 67.8 cm³/mol. The summed E-state index contributed by atoms with van der Waals surface area (Å²) >= 11 is 5.88. The molecule has 92 valence electrons. The average molecular weight is 245 g/mol. The van der Waals surface area contributed by atoms with Crippen LogP contribution >= 0.6 is 11.6 Å². The van der Waals surface area contributed by atoms with E-state index < -0.39 is 0 Å². The van der Waals surface area contributed by atoms with Gasteiger partial charge in [0.2, 0.25) is 0 Å². The molecule has 0 atom stereocenters. The van der Waals surface area contributed by atoms with E-state index in [0.717, 1.165) is 25.2 Å². The summed E-state index contributed by atoms with van der Waals surface area (Å²) in [6, 6.07) is 1.91. The molecule has 1 aromatic rings. The van der Waals surface area contributed by atoms with Crippen molar-refractivity contribution in [3.63, 3.8) is 0 Å². The fraction of sp³-hybridized carbons (Fsp3) is 0.667. The molecular formula is C12H21ClN2O. The quantitative estimate of drug-likeness (QED) is 0.864. The molecule has 0 amide bonds. The molecule has 0 radical (unpaired) electrons. The van der Waals surface area contributed by atoms with E-state index in [9.17, 15) is 0 Å². The van der Waals surface area contributed by atoms with Crippen LogP contribution in [0.2, 0.25) is 5.22 Å². The number of furan rings is 1. The summed E-state index contributed by atoms with van der Waals surface area (Å²) in [7, 11) is 2.08. The van der Waals surface area contributed by atoms with E-state index in [2.05, 4.69) is 38.0 Å². The molecule has 0 aliphatic heterocycles. The van der Waals surface area contributed by atoms with Crippen LogP contribution in [0.15, 0.2) is 16.7 Å². The normalized spacial score (nSPS) is 12.4. The molecule has 0 fully saturated rings. The summed E-state index contributed by atoms with van der Waals surface area (Å²) in [6.45, 7) is 9.27. The summed E-state index contributed by atoms with van der Waals surface area (Å²) in [4.78, 5) is 2.22. The van der Waals surface area contributed by atoms with Gasteiger partial charge in [-0.1, -0.05) is 0 Å². The second-order valence-corrected chi connectivity index (χ2v) is 5.48. The third-order valence-electron chi connectivity index (χ3n) is 2.28. The van der Waals surface area contributed by atoms with Gasteiger partial charge in [-0.05, 0) is 45.5 Å². The summed E-state index contributed by atoms with van der Waals surface area (Å²) in [5, 5.41) is 3.94. The van der Waals surface area contributed by atoms with Crippen molar-refractivity contribution in [3.05, 3.63) is 23.1 Å². The minimum absolute atomic E-state index is 0.175. The summed E-state index contributed by atoms with van der Waals surface area (Å²) in [6.07, 6.45) is 1.62. The number of hydrogen-bond donors (Lipinski definition) is 1. The molecule has 0 bridgehead atoms. The van der Waals surface area contributed by atoms with Gasteiger partial charge in [0.15, 0.2) is 5.22 Å². The predicted octanol–water partition coefficient (Wildman–Crippen LogP) is 2.75. The summed E-state index contributed by atoms with van der Waals surface area (Å²) < 4.78 is 5.05. The maximum absolute atomic E-state index is 5.88.